The molecule has 0 aliphatic rings. The summed E-state index contributed by atoms with van der Waals surface area (Å²) in [4.78, 5) is 0. The molecule has 6 heteroatoms. The maximum Gasteiger partial charge on any atom is 0.161 e. The van der Waals surface area contributed by atoms with E-state index in [0.717, 1.165) is 42.3 Å². The van der Waals surface area contributed by atoms with Gasteiger partial charge in [-0.05, 0) is 32.9 Å². The van der Waals surface area contributed by atoms with E-state index in [0.29, 0.717) is 0 Å². The summed E-state index contributed by atoms with van der Waals surface area (Å²) in [6.45, 7) is 7.98. The number of aryl methyl sites for hydroxylation is 3. The highest BCUT2D eigenvalue weighted by Gasteiger charge is 2.25. The smallest absolute Gasteiger partial charge is 0.161 e. The lowest BCUT2D eigenvalue weighted by Crippen LogP contribution is -2.28. The lowest BCUT2D eigenvalue weighted by molar-refractivity contribution is 0.396. The van der Waals surface area contributed by atoms with Crippen LogP contribution in [0.25, 0.3) is 0 Å². The first-order valence-electron chi connectivity index (χ1n) is 7.45. The largest absolute Gasteiger partial charge is 0.493 e. The molecule has 0 radical (unpaired) electrons. The van der Waals surface area contributed by atoms with Crippen molar-refractivity contribution in [2.24, 2.45) is 7.05 Å². The fourth-order valence-electron chi connectivity index (χ4n) is 2.61. The highest BCUT2D eigenvalue weighted by atomic mass is 16.5. The van der Waals surface area contributed by atoms with E-state index in [2.05, 4.69) is 35.4 Å². The lowest BCUT2D eigenvalue weighted by atomic mass is 10.1. The minimum Gasteiger partial charge on any atom is -0.493 e. The summed E-state index contributed by atoms with van der Waals surface area (Å²) in [5.41, 5.74) is 3.18. The van der Waals surface area contributed by atoms with Gasteiger partial charge in [-0.3, -0.25) is 9.36 Å². The summed E-state index contributed by atoms with van der Waals surface area (Å²) in [5.74, 6) is 0.810. The van der Waals surface area contributed by atoms with E-state index in [9.17, 15) is 0 Å². The summed E-state index contributed by atoms with van der Waals surface area (Å²) >= 11 is 0. The second-order valence-electron chi connectivity index (χ2n) is 5.14. The molecule has 6 nitrogen and oxygen atoms in total. The SMILES string of the molecule is CCCNC(c1cc(C)nn1C)c1c(OC)cnn1CC. The Labute approximate surface area is 126 Å². The van der Waals surface area contributed by atoms with Gasteiger partial charge in [0, 0.05) is 13.6 Å². The van der Waals surface area contributed by atoms with Crippen LogP contribution in [0, 0.1) is 6.92 Å². The molecule has 1 unspecified atom stereocenters. The number of rotatable bonds is 7. The number of aromatic nitrogens is 4. The number of hydrogen-bond acceptors (Lipinski definition) is 4. The Morgan fingerprint density at radius 1 is 1.38 bits per heavy atom. The summed E-state index contributed by atoms with van der Waals surface area (Å²) in [7, 11) is 3.66. The highest BCUT2D eigenvalue weighted by Crippen LogP contribution is 2.30. The molecule has 116 valence electrons. The van der Waals surface area contributed by atoms with Crippen LogP contribution in [-0.2, 0) is 13.6 Å². The molecule has 0 aromatic carbocycles. The summed E-state index contributed by atoms with van der Waals surface area (Å²) < 4.78 is 9.41. The first-order chi connectivity index (χ1) is 10.1. The van der Waals surface area contributed by atoms with Gasteiger partial charge in [-0.1, -0.05) is 6.92 Å². The molecule has 21 heavy (non-hydrogen) atoms. The fourth-order valence-corrected chi connectivity index (χ4v) is 2.61. The normalized spacial score (nSPS) is 12.6. The molecule has 0 saturated carbocycles. The molecular weight excluding hydrogens is 266 g/mol. The third-order valence-electron chi connectivity index (χ3n) is 3.57. The van der Waals surface area contributed by atoms with Crippen LogP contribution >= 0.6 is 0 Å². The van der Waals surface area contributed by atoms with Gasteiger partial charge in [-0.25, -0.2) is 0 Å². The van der Waals surface area contributed by atoms with Crippen molar-refractivity contribution in [3.8, 4) is 5.75 Å². The molecule has 0 amide bonds. The summed E-state index contributed by atoms with van der Waals surface area (Å²) in [6, 6.07) is 2.13. The van der Waals surface area contributed by atoms with Gasteiger partial charge in [0.2, 0.25) is 0 Å². The maximum atomic E-state index is 5.50. The standard InChI is InChI=1S/C15H25N5O/c1-6-8-16-14(12-9-11(3)18-19(12)4)15-13(21-5)10-17-20(15)7-2/h9-10,14,16H,6-8H2,1-5H3. The van der Waals surface area contributed by atoms with Gasteiger partial charge in [0.25, 0.3) is 0 Å². The van der Waals surface area contributed by atoms with Crippen molar-refractivity contribution in [1.82, 2.24) is 24.9 Å². The van der Waals surface area contributed by atoms with E-state index in [1.54, 1.807) is 13.3 Å². The Kier molecular flexibility index (Phi) is 5.01. The molecular formula is C15H25N5O. The Morgan fingerprint density at radius 3 is 2.67 bits per heavy atom. The molecule has 0 spiro atoms. The first kappa shape index (κ1) is 15.6. The average molecular weight is 291 g/mol. The molecule has 0 aliphatic heterocycles. The topological polar surface area (TPSA) is 56.9 Å². The molecule has 2 aromatic heterocycles. The number of methoxy groups -OCH3 is 1. The fraction of sp³-hybridized carbons (Fsp3) is 0.600. The second kappa shape index (κ2) is 6.76. The number of hydrogen-bond donors (Lipinski definition) is 1. The van der Waals surface area contributed by atoms with Crippen molar-refractivity contribution in [2.45, 2.75) is 39.8 Å². The van der Waals surface area contributed by atoms with Crippen molar-refractivity contribution in [1.29, 1.82) is 0 Å². The molecule has 0 aliphatic carbocycles. The monoisotopic (exact) mass is 291 g/mol. The molecule has 2 heterocycles. The molecule has 2 aromatic rings. The maximum absolute atomic E-state index is 5.50. The van der Waals surface area contributed by atoms with Crippen LogP contribution in [0.15, 0.2) is 12.3 Å². The van der Waals surface area contributed by atoms with E-state index in [4.69, 9.17) is 4.74 Å². The predicted octanol–water partition coefficient (Wildman–Crippen LogP) is 2.04. The Morgan fingerprint density at radius 2 is 2.14 bits per heavy atom. The predicted molar refractivity (Wildman–Crippen MR) is 82.5 cm³/mol. The Hall–Kier alpha value is -1.82. The second-order valence-corrected chi connectivity index (χ2v) is 5.14. The third-order valence-corrected chi connectivity index (χ3v) is 3.57. The highest BCUT2D eigenvalue weighted by molar-refractivity contribution is 5.34. The van der Waals surface area contributed by atoms with Crippen LogP contribution in [0.1, 0.15) is 43.4 Å². The van der Waals surface area contributed by atoms with E-state index in [-0.39, 0.29) is 6.04 Å². The van der Waals surface area contributed by atoms with Crippen LogP contribution in [0.3, 0.4) is 0 Å². The Balaban J connectivity index is 2.50. The quantitative estimate of drug-likeness (QED) is 0.848. The van der Waals surface area contributed by atoms with Crippen LogP contribution in [0.4, 0.5) is 0 Å². The van der Waals surface area contributed by atoms with Crippen LogP contribution in [0.5, 0.6) is 5.75 Å². The lowest BCUT2D eigenvalue weighted by Gasteiger charge is -2.21. The molecule has 0 bridgehead atoms. The molecule has 0 fully saturated rings. The number of nitrogens with one attached hydrogen (secondary N) is 1. The van der Waals surface area contributed by atoms with Gasteiger partial charge in [-0.2, -0.15) is 10.2 Å². The van der Waals surface area contributed by atoms with Gasteiger partial charge in [-0.15, -0.1) is 0 Å². The van der Waals surface area contributed by atoms with Crippen molar-refractivity contribution >= 4 is 0 Å². The van der Waals surface area contributed by atoms with Gasteiger partial charge < -0.3 is 10.1 Å². The minimum absolute atomic E-state index is 0.0218. The molecule has 1 atom stereocenters. The van der Waals surface area contributed by atoms with Gasteiger partial charge >= 0.3 is 0 Å². The van der Waals surface area contributed by atoms with Crippen LogP contribution < -0.4 is 10.1 Å². The average Bonchev–Trinajstić information content (AvgIpc) is 3.03. The number of nitrogens with zero attached hydrogens (tertiary/aromatic N) is 4. The van der Waals surface area contributed by atoms with Crippen molar-refractivity contribution < 1.29 is 4.74 Å². The number of ether oxygens (including phenoxy) is 1. The van der Waals surface area contributed by atoms with Crippen LogP contribution in [-0.4, -0.2) is 33.2 Å². The molecule has 2 rings (SSSR count). The van der Waals surface area contributed by atoms with Crippen molar-refractivity contribution in [2.75, 3.05) is 13.7 Å². The zero-order valence-corrected chi connectivity index (χ0v) is 13.6. The van der Waals surface area contributed by atoms with E-state index < -0.39 is 0 Å². The van der Waals surface area contributed by atoms with Crippen molar-refractivity contribution in [3.05, 3.63) is 29.3 Å². The van der Waals surface area contributed by atoms with E-state index in [1.807, 2.05) is 23.3 Å². The molecule has 1 N–H and O–H groups in total. The zero-order valence-electron chi connectivity index (χ0n) is 13.6. The van der Waals surface area contributed by atoms with Gasteiger partial charge in [0.15, 0.2) is 5.75 Å². The Bertz CT molecular complexity index is 565. The van der Waals surface area contributed by atoms with Gasteiger partial charge in [0.1, 0.15) is 5.69 Å². The van der Waals surface area contributed by atoms with E-state index >= 15 is 0 Å². The minimum atomic E-state index is 0.0218. The zero-order chi connectivity index (χ0) is 15.4. The van der Waals surface area contributed by atoms with Crippen LogP contribution in [0.2, 0.25) is 0 Å². The summed E-state index contributed by atoms with van der Waals surface area (Å²) in [6.07, 6.45) is 2.85. The summed E-state index contributed by atoms with van der Waals surface area (Å²) in [5, 5.41) is 12.5. The molecule has 0 saturated heterocycles. The third kappa shape index (κ3) is 3.10. The first-order valence-corrected chi connectivity index (χ1v) is 7.45. The van der Waals surface area contributed by atoms with E-state index in [1.165, 1.54) is 0 Å². The van der Waals surface area contributed by atoms with Crippen molar-refractivity contribution in [3.63, 3.8) is 0 Å². The van der Waals surface area contributed by atoms with Gasteiger partial charge in [0.05, 0.1) is 30.7 Å².